The van der Waals surface area contributed by atoms with E-state index in [4.69, 9.17) is 23.7 Å². The Balaban J connectivity index is 2.00. The van der Waals surface area contributed by atoms with Gasteiger partial charge in [-0.2, -0.15) is 0 Å². The molecule has 0 aliphatic heterocycles. The van der Waals surface area contributed by atoms with E-state index in [1.54, 1.807) is 0 Å². The number of anilines is 1. The Hall–Kier alpha value is -2.38. The topological polar surface area (TPSA) is 144 Å². The van der Waals surface area contributed by atoms with E-state index in [1.807, 2.05) is 6.92 Å². The third kappa shape index (κ3) is 11.6. The molecule has 0 saturated carbocycles. The zero-order valence-electron chi connectivity index (χ0n) is 17.1. The summed E-state index contributed by atoms with van der Waals surface area (Å²) in [5, 5.41) is 24.6. The maximum Gasteiger partial charge on any atom is 0.299 e. The van der Waals surface area contributed by atoms with Crippen molar-refractivity contribution in [3.05, 3.63) is 38.4 Å². The highest BCUT2D eigenvalue weighted by molar-refractivity contribution is 5.65. The fourth-order valence-corrected chi connectivity index (χ4v) is 2.22. The maximum atomic E-state index is 11.0. The molecule has 0 bridgehead atoms. The predicted octanol–water partition coefficient (Wildman–Crippen LogP) is 2.02. The first-order valence-electron chi connectivity index (χ1n) is 9.61. The highest BCUT2D eigenvalue weighted by Crippen LogP contribution is 2.28. The fraction of sp³-hybridized carbons (Fsp3) is 0.667. The predicted molar refractivity (Wildman–Crippen MR) is 108 cm³/mol. The monoisotopic (exact) mass is 431 g/mol. The van der Waals surface area contributed by atoms with Crippen LogP contribution in [-0.4, -0.2) is 82.5 Å². The molecular formula is C18H29N3O9. The quantitative estimate of drug-likeness (QED) is 0.196. The lowest BCUT2D eigenvalue weighted by Crippen LogP contribution is -2.15. The van der Waals surface area contributed by atoms with Crippen molar-refractivity contribution in [2.75, 3.05) is 77.9 Å². The van der Waals surface area contributed by atoms with Gasteiger partial charge in [0.15, 0.2) is 0 Å². The zero-order chi connectivity index (χ0) is 22.0. The molecule has 1 aromatic carbocycles. The van der Waals surface area contributed by atoms with Crippen LogP contribution in [0.15, 0.2) is 18.2 Å². The third-order valence-electron chi connectivity index (χ3n) is 3.64. The highest BCUT2D eigenvalue weighted by Gasteiger charge is 2.18. The molecule has 0 aromatic heterocycles. The second-order valence-electron chi connectivity index (χ2n) is 5.79. The Kier molecular flexibility index (Phi) is 14.0. The van der Waals surface area contributed by atoms with Crippen LogP contribution in [0.2, 0.25) is 0 Å². The Morgan fingerprint density at radius 2 is 1.27 bits per heavy atom. The van der Waals surface area contributed by atoms with Gasteiger partial charge in [0, 0.05) is 19.2 Å². The van der Waals surface area contributed by atoms with Crippen molar-refractivity contribution in [3.8, 4) is 0 Å². The minimum absolute atomic E-state index is 0.199. The molecule has 0 unspecified atom stereocenters. The summed E-state index contributed by atoms with van der Waals surface area (Å²) in [4.78, 5) is 20.4. The van der Waals surface area contributed by atoms with Crippen molar-refractivity contribution in [2.24, 2.45) is 0 Å². The number of benzene rings is 1. The molecule has 0 aliphatic rings. The van der Waals surface area contributed by atoms with E-state index in [-0.39, 0.29) is 17.1 Å². The van der Waals surface area contributed by atoms with E-state index in [0.717, 1.165) is 6.07 Å². The second-order valence-corrected chi connectivity index (χ2v) is 5.79. The molecule has 12 heteroatoms. The lowest BCUT2D eigenvalue weighted by Gasteiger charge is -2.09. The molecular weight excluding hydrogens is 402 g/mol. The van der Waals surface area contributed by atoms with Gasteiger partial charge < -0.3 is 29.0 Å². The Morgan fingerprint density at radius 3 is 1.73 bits per heavy atom. The van der Waals surface area contributed by atoms with Gasteiger partial charge in [0.2, 0.25) is 0 Å². The molecule has 0 atom stereocenters. The molecule has 0 fully saturated rings. The first kappa shape index (κ1) is 25.7. The molecule has 0 saturated heterocycles. The summed E-state index contributed by atoms with van der Waals surface area (Å²) < 4.78 is 26.5. The van der Waals surface area contributed by atoms with Gasteiger partial charge in [0.05, 0.1) is 75.4 Å². The van der Waals surface area contributed by atoms with Crippen molar-refractivity contribution >= 4 is 17.1 Å². The maximum absolute atomic E-state index is 11.0. The molecule has 0 radical (unpaired) electrons. The van der Waals surface area contributed by atoms with Crippen LogP contribution in [0.4, 0.5) is 17.1 Å². The normalized spacial score (nSPS) is 10.8. The van der Waals surface area contributed by atoms with Crippen LogP contribution in [0.3, 0.4) is 0 Å². The minimum Gasteiger partial charge on any atom is -0.379 e. The average molecular weight is 431 g/mol. The summed E-state index contributed by atoms with van der Waals surface area (Å²) in [6.45, 7) is 7.02. The van der Waals surface area contributed by atoms with E-state index >= 15 is 0 Å². The Morgan fingerprint density at radius 1 is 0.767 bits per heavy atom. The molecule has 1 rings (SSSR count). The van der Waals surface area contributed by atoms with Gasteiger partial charge in [-0.15, -0.1) is 0 Å². The van der Waals surface area contributed by atoms with Crippen molar-refractivity contribution < 1.29 is 33.5 Å². The van der Waals surface area contributed by atoms with Crippen molar-refractivity contribution in [1.82, 2.24) is 0 Å². The summed E-state index contributed by atoms with van der Waals surface area (Å²) in [5.74, 6) is 0. The van der Waals surface area contributed by atoms with E-state index in [9.17, 15) is 20.2 Å². The largest absolute Gasteiger partial charge is 0.379 e. The lowest BCUT2D eigenvalue weighted by atomic mass is 10.2. The number of nitro benzene ring substituents is 2. The van der Waals surface area contributed by atoms with Crippen molar-refractivity contribution in [1.29, 1.82) is 0 Å². The fourth-order valence-electron chi connectivity index (χ4n) is 2.22. The lowest BCUT2D eigenvalue weighted by molar-refractivity contribution is -0.393. The Bertz CT molecular complexity index is 631. The molecule has 12 nitrogen and oxygen atoms in total. The highest BCUT2D eigenvalue weighted by atomic mass is 16.6. The van der Waals surface area contributed by atoms with Crippen LogP contribution < -0.4 is 5.32 Å². The number of nitrogens with zero attached hydrogens (tertiary/aromatic N) is 2. The van der Waals surface area contributed by atoms with Crippen LogP contribution >= 0.6 is 0 Å². The van der Waals surface area contributed by atoms with Gasteiger partial charge in [-0.05, 0) is 13.0 Å². The summed E-state index contributed by atoms with van der Waals surface area (Å²) in [6.07, 6.45) is 0. The molecule has 170 valence electrons. The second kappa shape index (κ2) is 16.4. The molecule has 0 aliphatic carbocycles. The van der Waals surface area contributed by atoms with E-state index in [0.29, 0.717) is 72.6 Å². The van der Waals surface area contributed by atoms with Gasteiger partial charge in [-0.1, -0.05) is 0 Å². The van der Waals surface area contributed by atoms with Crippen LogP contribution in [0, 0.1) is 20.2 Å². The first-order chi connectivity index (χ1) is 14.6. The van der Waals surface area contributed by atoms with Gasteiger partial charge in [-0.3, -0.25) is 20.2 Å². The van der Waals surface area contributed by atoms with Crippen molar-refractivity contribution in [3.63, 3.8) is 0 Å². The van der Waals surface area contributed by atoms with Gasteiger partial charge in [0.1, 0.15) is 5.69 Å². The number of nitrogens with one attached hydrogen (secondary N) is 1. The van der Waals surface area contributed by atoms with E-state index in [1.165, 1.54) is 12.1 Å². The number of non-ortho nitro benzene ring substituents is 1. The van der Waals surface area contributed by atoms with E-state index in [2.05, 4.69) is 5.32 Å². The standard InChI is InChI=1S/C18H29N3O9/c1-2-26-7-8-28-11-12-30-14-13-29-10-9-27-6-5-19-17-4-3-16(20(22)23)15-18(17)21(24)25/h3-4,15,19H,2,5-14H2,1H3. The summed E-state index contributed by atoms with van der Waals surface area (Å²) >= 11 is 0. The average Bonchev–Trinajstić information content (AvgIpc) is 2.73. The molecule has 30 heavy (non-hydrogen) atoms. The smallest absolute Gasteiger partial charge is 0.299 e. The SMILES string of the molecule is CCOCCOCCOCCOCCOCCNc1ccc([N+](=O)[O-])cc1[N+](=O)[O-]. The van der Waals surface area contributed by atoms with Gasteiger partial charge >= 0.3 is 0 Å². The molecule has 0 spiro atoms. The van der Waals surface area contributed by atoms with Crippen molar-refractivity contribution in [2.45, 2.75) is 6.92 Å². The number of nitro groups is 2. The Labute approximate surface area is 174 Å². The minimum atomic E-state index is -0.678. The number of hydrogen-bond donors (Lipinski definition) is 1. The van der Waals surface area contributed by atoms with Crippen LogP contribution in [-0.2, 0) is 23.7 Å². The molecule has 0 amide bonds. The summed E-state index contributed by atoms with van der Waals surface area (Å²) in [5.41, 5.74) is -0.490. The number of rotatable bonds is 19. The van der Waals surface area contributed by atoms with Crippen LogP contribution in [0.5, 0.6) is 0 Å². The van der Waals surface area contributed by atoms with Gasteiger partial charge in [0.25, 0.3) is 11.4 Å². The summed E-state index contributed by atoms with van der Waals surface area (Å²) in [7, 11) is 0. The van der Waals surface area contributed by atoms with Crippen LogP contribution in [0.1, 0.15) is 6.92 Å². The third-order valence-corrected chi connectivity index (χ3v) is 3.64. The van der Waals surface area contributed by atoms with E-state index < -0.39 is 9.85 Å². The number of hydrogen-bond acceptors (Lipinski definition) is 10. The first-order valence-corrected chi connectivity index (χ1v) is 9.61. The van der Waals surface area contributed by atoms with Crippen LogP contribution in [0.25, 0.3) is 0 Å². The molecule has 1 aromatic rings. The summed E-state index contributed by atoms with van der Waals surface area (Å²) in [6, 6.07) is 3.44. The molecule has 1 N–H and O–H groups in total. The van der Waals surface area contributed by atoms with Gasteiger partial charge in [-0.25, -0.2) is 0 Å². The zero-order valence-corrected chi connectivity index (χ0v) is 17.1. The molecule has 0 heterocycles. The number of ether oxygens (including phenoxy) is 5.